The molecule has 1 aliphatic heterocycles. The monoisotopic (exact) mass is 413 g/mol. The zero-order valence-electron chi connectivity index (χ0n) is 17.2. The van der Waals surface area contributed by atoms with E-state index in [4.69, 9.17) is 4.74 Å². The fourth-order valence-electron chi connectivity index (χ4n) is 3.66. The second-order valence-corrected chi connectivity index (χ2v) is 7.36. The first-order chi connectivity index (χ1) is 15.3. The van der Waals surface area contributed by atoms with E-state index in [1.165, 1.54) is 5.69 Å². The minimum Gasteiger partial charge on any atom is -0.495 e. The summed E-state index contributed by atoms with van der Waals surface area (Å²) < 4.78 is 5.28. The number of nitrogens with one attached hydrogen (secondary N) is 2. The maximum atomic E-state index is 5.28. The van der Waals surface area contributed by atoms with Crippen molar-refractivity contribution in [2.24, 2.45) is 0 Å². The molecule has 2 aromatic carbocycles. The molecule has 0 bridgehead atoms. The van der Waals surface area contributed by atoms with Gasteiger partial charge in [0.2, 0.25) is 5.95 Å². The van der Waals surface area contributed by atoms with Crippen LogP contribution in [0.3, 0.4) is 0 Å². The van der Waals surface area contributed by atoms with Crippen molar-refractivity contribution in [3.63, 3.8) is 0 Å². The van der Waals surface area contributed by atoms with Gasteiger partial charge in [-0.25, -0.2) is 4.98 Å². The number of aromatic nitrogens is 4. The SMILES string of the molecule is COc1cncc(-c2ccc3nnc(Nc4ccc(N5CCNCC5)cc4)nc3c2)c1. The Hall–Kier alpha value is -3.78. The fraction of sp³-hybridized carbons (Fsp3) is 0.217. The van der Waals surface area contributed by atoms with Gasteiger partial charge in [0.05, 0.1) is 18.8 Å². The van der Waals surface area contributed by atoms with Crippen molar-refractivity contribution in [2.75, 3.05) is 43.5 Å². The molecule has 0 amide bonds. The summed E-state index contributed by atoms with van der Waals surface area (Å²) in [5.41, 5.74) is 5.59. The third kappa shape index (κ3) is 4.24. The Balaban J connectivity index is 1.37. The summed E-state index contributed by atoms with van der Waals surface area (Å²) >= 11 is 0. The smallest absolute Gasteiger partial charge is 0.247 e. The first-order valence-electron chi connectivity index (χ1n) is 10.3. The molecular formula is C23H23N7O. The molecule has 0 unspecified atom stereocenters. The lowest BCUT2D eigenvalue weighted by Gasteiger charge is -2.29. The average Bonchev–Trinajstić information content (AvgIpc) is 2.84. The number of ether oxygens (including phenoxy) is 1. The minimum atomic E-state index is 0.461. The summed E-state index contributed by atoms with van der Waals surface area (Å²) in [4.78, 5) is 11.3. The molecule has 1 saturated heterocycles. The molecule has 0 radical (unpaired) electrons. The van der Waals surface area contributed by atoms with E-state index in [1.54, 1.807) is 19.5 Å². The van der Waals surface area contributed by atoms with Crippen LogP contribution in [0.2, 0.25) is 0 Å². The minimum absolute atomic E-state index is 0.461. The predicted molar refractivity (Wildman–Crippen MR) is 122 cm³/mol. The zero-order valence-corrected chi connectivity index (χ0v) is 17.2. The molecule has 2 aromatic heterocycles. The largest absolute Gasteiger partial charge is 0.495 e. The van der Waals surface area contributed by atoms with E-state index < -0.39 is 0 Å². The Bertz CT molecular complexity index is 1190. The molecule has 4 aromatic rings. The lowest BCUT2D eigenvalue weighted by Crippen LogP contribution is -2.43. The number of fused-ring (bicyclic) bond motifs is 1. The summed E-state index contributed by atoms with van der Waals surface area (Å²) in [7, 11) is 1.63. The third-order valence-electron chi connectivity index (χ3n) is 5.34. The summed E-state index contributed by atoms with van der Waals surface area (Å²) in [6.45, 7) is 4.08. The van der Waals surface area contributed by atoms with Crippen molar-refractivity contribution in [1.29, 1.82) is 0 Å². The van der Waals surface area contributed by atoms with Crippen LogP contribution in [-0.2, 0) is 0 Å². The van der Waals surface area contributed by atoms with Crippen LogP contribution in [0.15, 0.2) is 60.9 Å². The van der Waals surface area contributed by atoms with E-state index in [0.29, 0.717) is 11.7 Å². The van der Waals surface area contributed by atoms with Crippen molar-refractivity contribution < 1.29 is 4.74 Å². The lowest BCUT2D eigenvalue weighted by molar-refractivity contribution is 0.413. The van der Waals surface area contributed by atoms with Gasteiger partial charge in [0.15, 0.2) is 0 Å². The Kier molecular flexibility index (Phi) is 5.28. The number of nitrogens with zero attached hydrogens (tertiary/aromatic N) is 5. The van der Waals surface area contributed by atoms with Gasteiger partial charge in [0.1, 0.15) is 11.3 Å². The van der Waals surface area contributed by atoms with Gasteiger partial charge in [0, 0.05) is 49.3 Å². The average molecular weight is 413 g/mol. The molecule has 0 saturated carbocycles. The Morgan fingerprint density at radius 1 is 0.903 bits per heavy atom. The fourth-order valence-corrected chi connectivity index (χ4v) is 3.66. The number of hydrogen-bond donors (Lipinski definition) is 2. The molecule has 0 spiro atoms. The number of benzene rings is 2. The molecule has 1 fully saturated rings. The third-order valence-corrected chi connectivity index (χ3v) is 5.34. The molecule has 3 heterocycles. The molecule has 5 rings (SSSR count). The predicted octanol–water partition coefficient (Wildman–Crippen LogP) is 3.25. The number of pyridine rings is 1. The highest BCUT2D eigenvalue weighted by molar-refractivity contribution is 5.82. The van der Waals surface area contributed by atoms with Crippen molar-refractivity contribution in [2.45, 2.75) is 0 Å². The second kappa shape index (κ2) is 8.53. The van der Waals surface area contributed by atoms with Crippen LogP contribution in [0.4, 0.5) is 17.3 Å². The van der Waals surface area contributed by atoms with Crippen molar-refractivity contribution in [3.8, 4) is 16.9 Å². The van der Waals surface area contributed by atoms with Crippen LogP contribution in [0, 0.1) is 0 Å². The first kappa shape index (κ1) is 19.2. The summed E-state index contributed by atoms with van der Waals surface area (Å²) in [5.74, 6) is 1.17. The van der Waals surface area contributed by atoms with Gasteiger partial charge in [0.25, 0.3) is 0 Å². The molecule has 8 heteroatoms. The molecule has 31 heavy (non-hydrogen) atoms. The van der Waals surface area contributed by atoms with Gasteiger partial charge in [-0.3, -0.25) is 4.98 Å². The topological polar surface area (TPSA) is 88.1 Å². The first-order valence-corrected chi connectivity index (χ1v) is 10.3. The number of rotatable bonds is 5. The normalized spacial score (nSPS) is 13.9. The summed E-state index contributed by atoms with van der Waals surface area (Å²) in [6, 6.07) is 16.2. The maximum Gasteiger partial charge on any atom is 0.247 e. The lowest BCUT2D eigenvalue weighted by atomic mass is 10.1. The highest BCUT2D eigenvalue weighted by atomic mass is 16.5. The van der Waals surface area contributed by atoms with Crippen molar-refractivity contribution in [3.05, 3.63) is 60.9 Å². The van der Waals surface area contributed by atoms with Gasteiger partial charge in [-0.15, -0.1) is 10.2 Å². The number of piperazine rings is 1. The molecule has 8 nitrogen and oxygen atoms in total. The molecule has 0 aliphatic carbocycles. The zero-order chi connectivity index (χ0) is 21.0. The Morgan fingerprint density at radius 3 is 2.55 bits per heavy atom. The van der Waals surface area contributed by atoms with E-state index >= 15 is 0 Å². The van der Waals surface area contributed by atoms with Crippen LogP contribution in [0.1, 0.15) is 0 Å². The van der Waals surface area contributed by atoms with Crippen molar-refractivity contribution >= 4 is 28.4 Å². The van der Waals surface area contributed by atoms with Crippen LogP contribution in [-0.4, -0.2) is 53.5 Å². The standard InChI is InChI=1S/C23H23N7O/c1-31-20-12-17(14-25-15-20)16-2-7-21-22(13-16)27-23(29-28-21)26-18-3-5-19(6-4-18)30-10-8-24-9-11-30/h2-7,12-15,24H,8-11H2,1H3,(H,26,27,29). The van der Waals surface area contributed by atoms with Gasteiger partial charge < -0.3 is 20.3 Å². The van der Waals surface area contributed by atoms with E-state index in [2.05, 4.69) is 47.8 Å². The van der Waals surface area contributed by atoms with E-state index in [9.17, 15) is 0 Å². The van der Waals surface area contributed by atoms with E-state index in [1.807, 2.05) is 36.4 Å². The van der Waals surface area contributed by atoms with Crippen LogP contribution >= 0.6 is 0 Å². The quantitative estimate of drug-likeness (QED) is 0.516. The maximum absolute atomic E-state index is 5.28. The number of hydrogen-bond acceptors (Lipinski definition) is 8. The second-order valence-electron chi connectivity index (χ2n) is 7.36. The van der Waals surface area contributed by atoms with Gasteiger partial charge in [-0.1, -0.05) is 6.07 Å². The molecule has 156 valence electrons. The summed E-state index contributed by atoms with van der Waals surface area (Å²) in [5, 5.41) is 15.2. The van der Waals surface area contributed by atoms with Crippen LogP contribution < -0.4 is 20.3 Å². The highest BCUT2D eigenvalue weighted by Gasteiger charge is 2.10. The summed E-state index contributed by atoms with van der Waals surface area (Å²) in [6.07, 6.45) is 3.49. The Morgan fingerprint density at radius 2 is 1.74 bits per heavy atom. The molecular weight excluding hydrogens is 390 g/mol. The van der Waals surface area contributed by atoms with E-state index in [-0.39, 0.29) is 0 Å². The number of methoxy groups -OCH3 is 1. The Labute approximate surface area is 180 Å². The van der Waals surface area contributed by atoms with Crippen LogP contribution in [0.25, 0.3) is 22.2 Å². The molecule has 0 atom stereocenters. The van der Waals surface area contributed by atoms with Gasteiger partial charge in [-0.2, -0.15) is 0 Å². The van der Waals surface area contributed by atoms with Crippen molar-refractivity contribution in [1.82, 2.24) is 25.5 Å². The number of anilines is 3. The van der Waals surface area contributed by atoms with E-state index in [0.717, 1.165) is 54.0 Å². The molecule has 1 aliphatic rings. The molecule has 2 N–H and O–H groups in total. The van der Waals surface area contributed by atoms with Gasteiger partial charge in [-0.05, 0) is 48.0 Å². The van der Waals surface area contributed by atoms with Gasteiger partial charge >= 0.3 is 0 Å². The highest BCUT2D eigenvalue weighted by Crippen LogP contribution is 2.26. The van der Waals surface area contributed by atoms with Crippen LogP contribution in [0.5, 0.6) is 5.75 Å².